The Morgan fingerprint density at radius 2 is 1.81 bits per heavy atom. The molecular weight excluding hydrogens is 369 g/mol. The molecular formula is C17H17F3N2O3S. The molecule has 1 amide bonds. The summed E-state index contributed by atoms with van der Waals surface area (Å²) in [5.74, 6) is -0.488. The second-order valence-corrected chi connectivity index (χ2v) is 7.34. The Balaban J connectivity index is 2.09. The Bertz CT molecular complexity index is 911. The van der Waals surface area contributed by atoms with Crippen molar-refractivity contribution >= 4 is 15.9 Å². The molecule has 1 unspecified atom stereocenters. The maximum Gasteiger partial charge on any atom is 0.416 e. The number of nitrogens with two attached hydrogens (primary N) is 1. The highest BCUT2D eigenvalue weighted by atomic mass is 32.2. The van der Waals surface area contributed by atoms with Gasteiger partial charge in [0.25, 0.3) is 0 Å². The number of hydrogen-bond acceptors (Lipinski definition) is 3. The summed E-state index contributed by atoms with van der Waals surface area (Å²) in [6, 6.07) is 9.75. The molecule has 0 fully saturated rings. The lowest BCUT2D eigenvalue weighted by Crippen LogP contribution is -2.28. The van der Waals surface area contributed by atoms with E-state index in [2.05, 4.69) is 5.32 Å². The molecule has 9 heteroatoms. The van der Waals surface area contributed by atoms with Gasteiger partial charge >= 0.3 is 6.18 Å². The summed E-state index contributed by atoms with van der Waals surface area (Å²) in [6.45, 7) is 1.63. The van der Waals surface area contributed by atoms with Crippen molar-refractivity contribution in [3.05, 3.63) is 65.2 Å². The van der Waals surface area contributed by atoms with E-state index in [1.54, 1.807) is 13.0 Å². The van der Waals surface area contributed by atoms with E-state index in [-0.39, 0.29) is 16.9 Å². The lowest BCUT2D eigenvalue weighted by atomic mass is 10.1. The van der Waals surface area contributed by atoms with Crippen molar-refractivity contribution in [2.75, 3.05) is 0 Å². The molecule has 140 valence electrons. The number of primary sulfonamides is 1. The number of benzene rings is 2. The summed E-state index contributed by atoms with van der Waals surface area (Å²) >= 11 is 0. The molecule has 2 aromatic rings. The first-order chi connectivity index (χ1) is 12.0. The quantitative estimate of drug-likeness (QED) is 0.828. The van der Waals surface area contributed by atoms with Crippen LogP contribution < -0.4 is 10.5 Å². The van der Waals surface area contributed by atoms with Crippen LogP contribution in [0.5, 0.6) is 0 Å². The van der Waals surface area contributed by atoms with Gasteiger partial charge in [0.05, 0.1) is 22.9 Å². The zero-order valence-electron chi connectivity index (χ0n) is 13.7. The molecule has 3 N–H and O–H groups in total. The minimum Gasteiger partial charge on any atom is -0.349 e. The second kappa shape index (κ2) is 7.46. The van der Waals surface area contributed by atoms with Crippen molar-refractivity contribution in [1.29, 1.82) is 0 Å². The van der Waals surface area contributed by atoms with Crippen LogP contribution in [0.4, 0.5) is 13.2 Å². The molecule has 1 atom stereocenters. The summed E-state index contributed by atoms with van der Waals surface area (Å²) in [5.41, 5.74) is -0.0894. The van der Waals surface area contributed by atoms with Gasteiger partial charge in [-0.3, -0.25) is 4.79 Å². The predicted molar refractivity (Wildman–Crippen MR) is 89.5 cm³/mol. The zero-order chi connectivity index (χ0) is 19.5. The number of sulfonamides is 1. The fourth-order valence-corrected chi connectivity index (χ4v) is 2.95. The van der Waals surface area contributed by atoms with Crippen LogP contribution in [-0.2, 0) is 27.4 Å². The van der Waals surface area contributed by atoms with E-state index in [4.69, 9.17) is 5.14 Å². The van der Waals surface area contributed by atoms with Crippen LogP contribution in [-0.4, -0.2) is 14.3 Å². The lowest BCUT2D eigenvalue weighted by molar-refractivity contribution is -0.137. The van der Waals surface area contributed by atoms with Crippen LogP contribution in [0.1, 0.15) is 29.7 Å². The largest absolute Gasteiger partial charge is 0.416 e. The fraction of sp³-hybridized carbons (Fsp3) is 0.235. The molecule has 0 saturated heterocycles. The van der Waals surface area contributed by atoms with E-state index >= 15 is 0 Å². The topological polar surface area (TPSA) is 89.3 Å². The average molecular weight is 386 g/mol. The Morgan fingerprint density at radius 1 is 1.15 bits per heavy atom. The third kappa shape index (κ3) is 5.30. The first kappa shape index (κ1) is 19.9. The summed E-state index contributed by atoms with van der Waals surface area (Å²) in [6.07, 6.45) is -4.71. The fourth-order valence-electron chi connectivity index (χ4n) is 2.38. The van der Waals surface area contributed by atoms with Crippen LogP contribution in [0.15, 0.2) is 53.4 Å². The number of halogens is 3. The summed E-state index contributed by atoms with van der Waals surface area (Å²) in [5, 5.41) is 7.70. The Labute approximate surface area is 149 Å². The van der Waals surface area contributed by atoms with E-state index < -0.39 is 33.7 Å². The highest BCUT2D eigenvalue weighted by Crippen LogP contribution is 2.29. The first-order valence-electron chi connectivity index (χ1n) is 7.55. The lowest BCUT2D eigenvalue weighted by Gasteiger charge is -2.15. The number of carbonyl (C=O) groups is 1. The normalized spacial score (nSPS) is 13.3. The van der Waals surface area contributed by atoms with Gasteiger partial charge in [0, 0.05) is 0 Å². The Morgan fingerprint density at radius 3 is 2.42 bits per heavy atom. The Kier molecular flexibility index (Phi) is 5.72. The van der Waals surface area contributed by atoms with Crippen molar-refractivity contribution in [3.8, 4) is 0 Å². The summed E-state index contributed by atoms with van der Waals surface area (Å²) in [7, 11) is -3.87. The van der Waals surface area contributed by atoms with Crippen LogP contribution >= 0.6 is 0 Å². The number of rotatable bonds is 5. The molecule has 0 aliphatic heterocycles. The van der Waals surface area contributed by atoms with Crippen molar-refractivity contribution in [1.82, 2.24) is 5.32 Å². The van der Waals surface area contributed by atoms with Gasteiger partial charge in [0.1, 0.15) is 0 Å². The van der Waals surface area contributed by atoms with Gasteiger partial charge in [-0.05, 0) is 36.2 Å². The summed E-state index contributed by atoms with van der Waals surface area (Å²) in [4.78, 5) is 12.0. The van der Waals surface area contributed by atoms with Crippen LogP contribution in [0.25, 0.3) is 0 Å². The van der Waals surface area contributed by atoms with E-state index in [0.717, 1.165) is 12.1 Å². The third-order valence-electron chi connectivity index (χ3n) is 3.68. The maximum absolute atomic E-state index is 12.7. The molecule has 0 heterocycles. The van der Waals surface area contributed by atoms with E-state index in [9.17, 15) is 26.4 Å². The smallest absolute Gasteiger partial charge is 0.349 e. The monoisotopic (exact) mass is 386 g/mol. The molecule has 0 saturated carbocycles. The van der Waals surface area contributed by atoms with Crippen molar-refractivity contribution in [3.63, 3.8) is 0 Å². The molecule has 2 rings (SSSR count). The number of nitrogens with one attached hydrogen (secondary N) is 1. The van der Waals surface area contributed by atoms with E-state index in [0.29, 0.717) is 5.56 Å². The highest BCUT2D eigenvalue weighted by molar-refractivity contribution is 7.89. The van der Waals surface area contributed by atoms with Crippen LogP contribution in [0.3, 0.4) is 0 Å². The highest BCUT2D eigenvalue weighted by Gasteiger charge is 2.30. The molecule has 0 aliphatic rings. The second-order valence-electron chi connectivity index (χ2n) is 5.78. The minimum atomic E-state index is -4.48. The number of amides is 1. The van der Waals surface area contributed by atoms with Crippen LogP contribution in [0.2, 0.25) is 0 Å². The number of alkyl halides is 3. The molecule has 5 nitrogen and oxygen atoms in total. The van der Waals surface area contributed by atoms with Gasteiger partial charge in [-0.1, -0.05) is 30.3 Å². The zero-order valence-corrected chi connectivity index (χ0v) is 14.6. The molecule has 0 bridgehead atoms. The molecule has 2 aromatic carbocycles. The standard InChI is InChI=1S/C17H17F3N2O3S/c1-11(13-5-3-7-15(10-13)26(21,24)25)22-16(23)9-12-4-2-6-14(8-12)17(18,19)20/h2-8,10-11H,9H2,1H3,(H,22,23)(H2,21,24,25). The predicted octanol–water partition coefficient (Wildman–Crippen LogP) is 2.77. The maximum atomic E-state index is 12.7. The molecule has 0 radical (unpaired) electrons. The van der Waals surface area contributed by atoms with Gasteiger partial charge in [-0.25, -0.2) is 13.6 Å². The average Bonchev–Trinajstić information content (AvgIpc) is 2.53. The van der Waals surface area contributed by atoms with Crippen molar-refractivity contribution in [2.45, 2.75) is 30.5 Å². The third-order valence-corrected chi connectivity index (χ3v) is 4.59. The molecule has 0 aromatic heterocycles. The van der Waals surface area contributed by atoms with Gasteiger partial charge in [-0.2, -0.15) is 13.2 Å². The Hall–Kier alpha value is -2.39. The van der Waals surface area contributed by atoms with Gasteiger partial charge in [0.15, 0.2) is 0 Å². The van der Waals surface area contributed by atoms with Crippen LogP contribution in [0, 0.1) is 0 Å². The van der Waals surface area contributed by atoms with Gasteiger partial charge in [-0.15, -0.1) is 0 Å². The van der Waals surface area contributed by atoms with Crippen molar-refractivity contribution < 1.29 is 26.4 Å². The molecule has 26 heavy (non-hydrogen) atoms. The minimum absolute atomic E-state index is 0.0889. The number of carbonyl (C=O) groups excluding carboxylic acids is 1. The number of hydrogen-bond donors (Lipinski definition) is 2. The van der Waals surface area contributed by atoms with E-state index in [1.807, 2.05) is 0 Å². The molecule has 0 aliphatic carbocycles. The first-order valence-corrected chi connectivity index (χ1v) is 9.10. The van der Waals surface area contributed by atoms with E-state index in [1.165, 1.54) is 30.3 Å². The van der Waals surface area contributed by atoms with Gasteiger partial charge < -0.3 is 5.32 Å². The van der Waals surface area contributed by atoms with Crippen molar-refractivity contribution in [2.24, 2.45) is 5.14 Å². The summed E-state index contributed by atoms with van der Waals surface area (Å²) < 4.78 is 60.9. The molecule has 0 spiro atoms. The van der Waals surface area contributed by atoms with Gasteiger partial charge in [0.2, 0.25) is 15.9 Å². The SMILES string of the molecule is CC(NC(=O)Cc1cccc(C(F)(F)F)c1)c1cccc(S(N)(=O)=O)c1.